The lowest BCUT2D eigenvalue weighted by Gasteiger charge is -2.10. The first kappa shape index (κ1) is 7.54. The van der Waals surface area contributed by atoms with E-state index >= 15 is 0 Å². The Hall–Kier alpha value is -0.570. The second-order valence-electron chi connectivity index (χ2n) is 2.77. The SMILES string of the molecule is CN[C@@H]1C(=O)O[C@@H](C)[C@@H]1C. The van der Waals surface area contributed by atoms with Crippen LogP contribution in [0, 0.1) is 5.92 Å². The summed E-state index contributed by atoms with van der Waals surface area (Å²) in [7, 11) is 1.78. The van der Waals surface area contributed by atoms with Crippen molar-refractivity contribution in [3.8, 4) is 0 Å². The van der Waals surface area contributed by atoms with Crippen molar-refractivity contribution in [2.24, 2.45) is 5.92 Å². The van der Waals surface area contributed by atoms with E-state index in [0.29, 0.717) is 0 Å². The van der Waals surface area contributed by atoms with Gasteiger partial charge in [0.15, 0.2) is 0 Å². The number of cyclic esters (lactones) is 1. The predicted octanol–water partition coefficient (Wildman–Crippen LogP) is 0.156. The van der Waals surface area contributed by atoms with E-state index in [0.717, 1.165) is 0 Å². The number of hydrogen-bond donors (Lipinski definition) is 1. The molecule has 10 heavy (non-hydrogen) atoms. The van der Waals surface area contributed by atoms with Crippen molar-refractivity contribution >= 4 is 5.97 Å². The van der Waals surface area contributed by atoms with Crippen LogP contribution >= 0.6 is 0 Å². The summed E-state index contributed by atoms with van der Waals surface area (Å²) < 4.78 is 4.98. The molecule has 3 heteroatoms. The molecule has 1 saturated heterocycles. The van der Waals surface area contributed by atoms with E-state index in [2.05, 4.69) is 5.32 Å². The maximum atomic E-state index is 10.9. The number of nitrogens with one attached hydrogen (secondary N) is 1. The lowest BCUT2D eigenvalue weighted by molar-refractivity contribution is -0.142. The number of carbonyl (C=O) groups excluding carboxylic acids is 1. The van der Waals surface area contributed by atoms with E-state index in [1.54, 1.807) is 7.05 Å². The van der Waals surface area contributed by atoms with Gasteiger partial charge in [-0.05, 0) is 14.0 Å². The van der Waals surface area contributed by atoms with Crippen LogP contribution < -0.4 is 5.32 Å². The van der Waals surface area contributed by atoms with Gasteiger partial charge in [-0.1, -0.05) is 6.92 Å². The van der Waals surface area contributed by atoms with Gasteiger partial charge in [-0.2, -0.15) is 0 Å². The Labute approximate surface area is 60.7 Å². The van der Waals surface area contributed by atoms with Gasteiger partial charge in [0.05, 0.1) is 0 Å². The Morgan fingerprint density at radius 2 is 2.10 bits per heavy atom. The van der Waals surface area contributed by atoms with Crippen molar-refractivity contribution in [2.45, 2.75) is 26.0 Å². The molecule has 0 radical (unpaired) electrons. The number of hydrogen-bond acceptors (Lipinski definition) is 3. The van der Waals surface area contributed by atoms with Crippen LogP contribution in [0.2, 0.25) is 0 Å². The highest BCUT2D eigenvalue weighted by molar-refractivity contribution is 5.78. The maximum absolute atomic E-state index is 10.9. The molecule has 0 saturated carbocycles. The number of esters is 1. The van der Waals surface area contributed by atoms with E-state index in [-0.39, 0.29) is 24.0 Å². The molecular weight excluding hydrogens is 130 g/mol. The summed E-state index contributed by atoms with van der Waals surface area (Å²) >= 11 is 0. The van der Waals surface area contributed by atoms with Crippen LogP contribution in [0.4, 0.5) is 0 Å². The summed E-state index contributed by atoms with van der Waals surface area (Å²) in [5, 5.41) is 2.92. The molecule has 0 aromatic rings. The number of likely N-dealkylation sites (N-methyl/N-ethyl adjacent to an activating group) is 1. The van der Waals surface area contributed by atoms with Gasteiger partial charge >= 0.3 is 5.97 Å². The molecule has 0 spiro atoms. The molecule has 1 heterocycles. The number of ether oxygens (including phenoxy) is 1. The summed E-state index contributed by atoms with van der Waals surface area (Å²) in [6.07, 6.45) is 0.0601. The third-order valence-corrected chi connectivity index (χ3v) is 2.13. The highest BCUT2D eigenvalue weighted by atomic mass is 16.6. The molecule has 1 fully saturated rings. The standard InChI is InChI=1S/C7H13NO2/c1-4-5(2)10-7(9)6(4)8-3/h4-6,8H,1-3H3/t4-,5-,6-/m0/s1. The zero-order valence-corrected chi connectivity index (χ0v) is 6.55. The van der Waals surface area contributed by atoms with E-state index in [9.17, 15) is 4.79 Å². The van der Waals surface area contributed by atoms with Crippen molar-refractivity contribution < 1.29 is 9.53 Å². The Kier molecular flexibility index (Phi) is 1.94. The second-order valence-corrected chi connectivity index (χ2v) is 2.77. The summed E-state index contributed by atoms with van der Waals surface area (Å²) in [5.74, 6) is 0.167. The maximum Gasteiger partial charge on any atom is 0.323 e. The monoisotopic (exact) mass is 143 g/mol. The van der Waals surface area contributed by atoms with Crippen LogP contribution in [-0.4, -0.2) is 25.2 Å². The molecule has 1 rings (SSSR count). The van der Waals surface area contributed by atoms with Crippen LogP contribution in [0.1, 0.15) is 13.8 Å². The first-order valence-electron chi connectivity index (χ1n) is 3.54. The third kappa shape index (κ3) is 1.01. The zero-order valence-electron chi connectivity index (χ0n) is 6.55. The van der Waals surface area contributed by atoms with Gasteiger partial charge in [0, 0.05) is 5.92 Å². The number of rotatable bonds is 1. The Balaban J connectivity index is 2.64. The second kappa shape index (κ2) is 2.58. The van der Waals surface area contributed by atoms with Crippen LogP contribution in [0.15, 0.2) is 0 Å². The largest absolute Gasteiger partial charge is 0.461 e. The van der Waals surface area contributed by atoms with Gasteiger partial charge in [-0.3, -0.25) is 4.79 Å². The van der Waals surface area contributed by atoms with Gasteiger partial charge in [0.2, 0.25) is 0 Å². The molecular formula is C7H13NO2. The summed E-state index contributed by atoms with van der Waals surface area (Å²) in [4.78, 5) is 10.9. The predicted molar refractivity (Wildman–Crippen MR) is 37.6 cm³/mol. The average Bonchev–Trinajstić information content (AvgIpc) is 2.09. The Bertz CT molecular complexity index is 147. The molecule has 0 unspecified atom stereocenters. The Morgan fingerprint density at radius 1 is 1.50 bits per heavy atom. The van der Waals surface area contributed by atoms with Crippen molar-refractivity contribution in [3.63, 3.8) is 0 Å². The third-order valence-electron chi connectivity index (χ3n) is 2.13. The summed E-state index contributed by atoms with van der Waals surface area (Å²) in [5.41, 5.74) is 0. The average molecular weight is 143 g/mol. The quantitative estimate of drug-likeness (QED) is 0.531. The highest BCUT2D eigenvalue weighted by Gasteiger charge is 2.37. The van der Waals surface area contributed by atoms with Gasteiger partial charge in [-0.15, -0.1) is 0 Å². The minimum absolute atomic E-state index is 0.0601. The fourth-order valence-corrected chi connectivity index (χ4v) is 1.23. The van der Waals surface area contributed by atoms with E-state index < -0.39 is 0 Å². The fraction of sp³-hybridized carbons (Fsp3) is 0.857. The van der Waals surface area contributed by atoms with Gasteiger partial charge < -0.3 is 10.1 Å². The van der Waals surface area contributed by atoms with E-state index in [1.807, 2.05) is 13.8 Å². The molecule has 1 aliphatic heterocycles. The van der Waals surface area contributed by atoms with Crippen molar-refractivity contribution in [2.75, 3.05) is 7.05 Å². The normalized spacial score (nSPS) is 39.9. The van der Waals surface area contributed by atoms with Crippen LogP contribution in [-0.2, 0) is 9.53 Å². The van der Waals surface area contributed by atoms with Crippen molar-refractivity contribution in [1.29, 1.82) is 0 Å². The van der Waals surface area contributed by atoms with Gasteiger partial charge in [0.1, 0.15) is 12.1 Å². The molecule has 3 nitrogen and oxygen atoms in total. The van der Waals surface area contributed by atoms with Crippen molar-refractivity contribution in [3.05, 3.63) is 0 Å². The summed E-state index contributed by atoms with van der Waals surface area (Å²) in [6, 6.07) is -0.102. The summed E-state index contributed by atoms with van der Waals surface area (Å²) in [6.45, 7) is 3.93. The molecule has 3 atom stereocenters. The lowest BCUT2D eigenvalue weighted by Crippen LogP contribution is -2.35. The Morgan fingerprint density at radius 3 is 2.30 bits per heavy atom. The first-order chi connectivity index (χ1) is 4.66. The zero-order chi connectivity index (χ0) is 7.72. The lowest BCUT2D eigenvalue weighted by atomic mass is 10.0. The minimum Gasteiger partial charge on any atom is -0.461 e. The molecule has 0 aromatic heterocycles. The van der Waals surface area contributed by atoms with Crippen LogP contribution in [0.25, 0.3) is 0 Å². The molecule has 1 N–H and O–H groups in total. The van der Waals surface area contributed by atoms with Crippen LogP contribution in [0.5, 0.6) is 0 Å². The van der Waals surface area contributed by atoms with Gasteiger partial charge in [-0.25, -0.2) is 0 Å². The molecule has 0 aromatic carbocycles. The molecule has 1 aliphatic rings. The van der Waals surface area contributed by atoms with Crippen LogP contribution in [0.3, 0.4) is 0 Å². The highest BCUT2D eigenvalue weighted by Crippen LogP contribution is 2.20. The first-order valence-corrected chi connectivity index (χ1v) is 3.54. The number of carbonyl (C=O) groups is 1. The molecule has 0 aliphatic carbocycles. The molecule has 0 amide bonds. The molecule has 58 valence electrons. The topological polar surface area (TPSA) is 38.3 Å². The fourth-order valence-electron chi connectivity index (χ4n) is 1.23. The minimum atomic E-state index is -0.123. The van der Waals surface area contributed by atoms with E-state index in [4.69, 9.17) is 4.74 Å². The van der Waals surface area contributed by atoms with Gasteiger partial charge in [0.25, 0.3) is 0 Å². The smallest absolute Gasteiger partial charge is 0.323 e. The molecule has 0 bridgehead atoms. The van der Waals surface area contributed by atoms with E-state index in [1.165, 1.54) is 0 Å². The van der Waals surface area contributed by atoms with Crippen molar-refractivity contribution in [1.82, 2.24) is 5.32 Å².